The largest absolute Gasteiger partial charge is 0.497 e. The molecule has 2 aliphatic rings. The summed E-state index contributed by atoms with van der Waals surface area (Å²) in [5.41, 5.74) is 0.280. The van der Waals surface area contributed by atoms with Gasteiger partial charge in [0.15, 0.2) is 6.61 Å². The number of fused-ring (bicyclic) bond motifs is 1. The average molecular weight is 379 g/mol. The minimum absolute atomic E-state index is 0.0414. The molecule has 1 aromatic rings. The van der Waals surface area contributed by atoms with Gasteiger partial charge < -0.3 is 19.1 Å². The molecular weight excluding hydrogens is 358 g/mol. The SMILES string of the molecule is COc1ccc(OC)c(C(=O)COC(=O)[C@H]2CS[C@@]3(C)CCC(=O)N23)c1. The number of ether oxygens (including phenoxy) is 3. The van der Waals surface area contributed by atoms with Crippen molar-refractivity contribution in [3.05, 3.63) is 23.8 Å². The summed E-state index contributed by atoms with van der Waals surface area (Å²) in [6.45, 7) is 1.55. The van der Waals surface area contributed by atoms with Gasteiger partial charge in [0, 0.05) is 12.2 Å². The fourth-order valence-electron chi connectivity index (χ4n) is 3.34. The summed E-state index contributed by atoms with van der Waals surface area (Å²) in [6.07, 6.45) is 1.16. The van der Waals surface area contributed by atoms with E-state index in [1.807, 2.05) is 6.92 Å². The molecule has 0 unspecified atom stereocenters. The van der Waals surface area contributed by atoms with Gasteiger partial charge in [-0.25, -0.2) is 4.79 Å². The topological polar surface area (TPSA) is 82.1 Å². The number of esters is 1. The van der Waals surface area contributed by atoms with Gasteiger partial charge in [-0.15, -0.1) is 11.8 Å². The van der Waals surface area contributed by atoms with E-state index >= 15 is 0 Å². The number of benzene rings is 1. The molecule has 2 heterocycles. The van der Waals surface area contributed by atoms with Gasteiger partial charge in [0.1, 0.15) is 17.5 Å². The van der Waals surface area contributed by atoms with Gasteiger partial charge in [0.25, 0.3) is 0 Å². The van der Waals surface area contributed by atoms with E-state index in [2.05, 4.69) is 0 Å². The molecular formula is C18H21NO6S. The molecule has 0 saturated carbocycles. The normalized spacial score (nSPS) is 24.3. The maximum Gasteiger partial charge on any atom is 0.330 e. The van der Waals surface area contributed by atoms with Crippen molar-refractivity contribution in [1.29, 1.82) is 0 Å². The van der Waals surface area contributed by atoms with Crippen LogP contribution in [-0.2, 0) is 14.3 Å². The molecule has 7 nitrogen and oxygen atoms in total. The molecule has 26 heavy (non-hydrogen) atoms. The molecule has 1 aromatic carbocycles. The first-order valence-electron chi connectivity index (χ1n) is 8.27. The van der Waals surface area contributed by atoms with Crippen LogP contribution in [0, 0.1) is 0 Å². The number of Topliss-reactive ketones (excluding diaryl/α,β-unsaturated/α-hetero) is 1. The van der Waals surface area contributed by atoms with Gasteiger partial charge >= 0.3 is 5.97 Å². The first-order chi connectivity index (χ1) is 12.4. The fraction of sp³-hybridized carbons (Fsp3) is 0.500. The molecule has 0 aromatic heterocycles. The standard InChI is InChI=1S/C18H21NO6S/c1-18-7-6-16(21)19(18)13(10-26-18)17(22)25-9-14(20)12-8-11(23-2)4-5-15(12)24-3/h4-5,8,13H,6-7,9-10H2,1-3H3/t13-,18+/m1/s1. The highest BCUT2D eigenvalue weighted by molar-refractivity contribution is 8.01. The van der Waals surface area contributed by atoms with E-state index in [4.69, 9.17) is 14.2 Å². The maximum absolute atomic E-state index is 12.5. The number of ketones is 1. The number of amides is 1. The number of carbonyl (C=O) groups excluding carboxylic acids is 3. The van der Waals surface area contributed by atoms with E-state index < -0.39 is 24.4 Å². The van der Waals surface area contributed by atoms with Gasteiger partial charge in [0.05, 0.1) is 24.7 Å². The third-order valence-corrected chi connectivity index (χ3v) is 6.27. The lowest BCUT2D eigenvalue weighted by Crippen LogP contribution is -2.46. The van der Waals surface area contributed by atoms with E-state index in [1.54, 1.807) is 34.9 Å². The van der Waals surface area contributed by atoms with E-state index in [9.17, 15) is 14.4 Å². The summed E-state index contributed by atoms with van der Waals surface area (Å²) < 4.78 is 15.5. The summed E-state index contributed by atoms with van der Waals surface area (Å²) in [5, 5.41) is 0. The number of carbonyl (C=O) groups is 3. The van der Waals surface area contributed by atoms with Crippen molar-refractivity contribution in [3.8, 4) is 11.5 Å². The molecule has 0 N–H and O–H groups in total. The lowest BCUT2D eigenvalue weighted by molar-refractivity contribution is -0.152. The molecule has 3 rings (SSSR count). The Bertz CT molecular complexity index is 751. The molecule has 140 valence electrons. The third kappa shape index (κ3) is 3.25. The van der Waals surface area contributed by atoms with E-state index in [0.717, 1.165) is 6.42 Å². The average Bonchev–Trinajstić information content (AvgIpc) is 3.14. The summed E-state index contributed by atoms with van der Waals surface area (Å²) in [5.74, 6) is 0.386. The highest BCUT2D eigenvalue weighted by Gasteiger charge is 2.53. The first kappa shape index (κ1) is 18.6. The van der Waals surface area contributed by atoms with Gasteiger partial charge in [-0.3, -0.25) is 9.59 Å². The highest BCUT2D eigenvalue weighted by atomic mass is 32.2. The Kier molecular flexibility index (Phi) is 5.13. The number of rotatable bonds is 6. The first-order valence-corrected chi connectivity index (χ1v) is 9.26. The van der Waals surface area contributed by atoms with Crippen molar-refractivity contribution < 1.29 is 28.6 Å². The van der Waals surface area contributed by atoms with Gasteiger partial charge in [-0.2, -0.15) is 0 Å². The second kappa shape index (κ2) is 7.19. The Morgan fingerprint density at radius 3 is 2.77 bits per heavy atom. The van der Waals surface area contributed by atoms with Crippen LogP contribution in [0.2, 0.25) is 0 Å². The van der Waals surface area contributed by atoms with Crippen LogP contribution in [0.3, 0.4) is 0 Å². The van der Waals surface area contributed by atoms with Crippen LogP contribution in [0.25, 0.3) is 0 Å². The maximum atomic E-state index is 12.5. The quantitative estimate of drug-likeness (QED) is 0.551. The molecule has 2 fully saturated rings. The van der Waals surface area contributed by atoms with Crippen molar-refractivity contribution in [2.24, 2.45) is 0 Å². The van der Waals surface area contributed by atoms with Crippen LogP contribution >= 0.6 is 11.8 Å². The lowest BCUT2D eigenvalue weighted by atomic mass is 10.1. The molecule has 0 spiro atoms. The Morgan fingerprint density at radius 1 is 1.31 bits per heavy atom. The minimum atomic E-state index is -0.639. The molecule has 0 bridgehead atoms. The van der Waals surface area contributed by atoms with Gasteiger partial charge in [-0.1, -0.05) is 0 Å². The molecule has 8 heteroatoms. The highest BCUT2D eigenvalue weighted by Crippen LogP contribution is 2.47. The summed E-state index contributed by atoms with van der Waals surface area (Å²) in [4.78, 5) is 38.3. The molecule has 0 aliphatic carbocycles. The monoisotopic (exact) mass is 379 g/mol. The number of hydrogen-bond acceptors (Lipinski definition) is 7. The van der Waals surface area contributed by atoms with Crippen molar-refractivity contribution in [2.75, 3.05) is 26.6 Å². The zero-order valence-electron chi connectivity index (χ0n) is 14.9. The van der Waals surface area contributed by atoms with Crippen molar-refractivity contribution in [1.82, 2.24) is 4.90 Å². The third-order valence-electron chi connectivity index (χ3n) is 4.77. The molecule has 1 amide bonds. The smallest absolute Gasteiger partial charge is 0.330 e. The predicted octanol–water partition coefficient (Wildman–Crippen LogP) is 1.88. The van der Waals surface area contributed by atoms with Crippen molar-refractivity contribution >= 4 is 29.4 Å². The Hall–Kier alpha value is -2.22. The van der Waals surface area contributed by atoms with Crippen LogP contribution in [0.5, 0.6) is 11.5 Å². The molecule has 2 aliphatic heterocycles. The second-order valence-corrected chi connectivity index (χ2v) is 7.86. The number of hydrogen-bond donors (Lipinski definition) is 0. The van der Waals surface area contributed by atoms with Crippen molar-refractivity contribution in [3.63, 3.8) is 0 Å². The van der Waals surface area contributed by atoms with Gasteiger partial charge in [0.2, 0.25) is 11.7 Å². The number of thioether (sulfide) groups is 1. The van der Waals surface area contributed by atoms with Crippen LogP contribution < -0.4 is 9.47 Å². The summed E-state index contributed by atoms with van der Waals surface area (Å²) >= 11 is 1.58. The number of methoxy groups -OCH3 is 2. The van der Waals surface area contributed by atoms with Crippen molar-refractivity contribution in [2.45, 2.75) is 30.7 Å². The zero-order chi connectivity index (χ0) is 18.9. The van der Waals surface area contributed by atoms with Crippen LogP contribution in [-0.4, -0.2) is 60.1 Å². The predicted molar refractivity (Wildman–Crippen MR) is 95.6 cm³/mol. The Morgan fingerprint density at radius 2 is 2.08 bits per heavy atom. The Balaban J connectivity index is 1.67. The van der Waals surface area contributed by atoms with E-state index in [1.165, 1.54) is 14.2 Å². The molecule has 0 radical (unpaired) electrons. The summed E-state index contributed by atoms with van der Waals surface area (Å²) in [7, 11) is 2.96. The summed E-state index contributed by atoms with van der Waals surface area (Å²) in [6, 6.07) is 4.20. The van der Waals surface area contributed by atoms with Gasteiger partial charge in [-0.05, 0) is 31.5 Å². The number of nitrogens with zero attached hydrogens (tertiary/aromatic N) is 1. The zero-order valence-corrected chi connectivity index (χ0v) is 15.8. The van der Waals surface area contributed by atoms with E-state index in [0.29, 0.717) is 23.7 Å². The molecule has 2 saturated heterocycles. The van der Waals surface area contributed by atoms with E-state index in [-0.39, 0.29) is 16.3 Å². The second-order valence-electron chi connectivity index (χ2n) is 6.36. The van der Waals surface area contributed by atoms with Crippen LogP contribution in [0.15, 0.2) is 18.2 Å². The fourth-order valence-corrected chi connectivity index (χ4v) is 4.75. The molecule has 2 atom stereocenters. The van der Waals surface area contributed by atoms with Crippen LogP contribution in [0.1, 0.15) is 30.1 Å². The van der Waals surface area contributed by atoms with Crippen LogP contribution in [0.4, 0.5) is 0 Å². The lowest BCUT2D eigenvalue weighted by Gasteiger charge is -2.29. The minimum Gasteiger partial charge on any atom is -0.497 e. The Labute approximate surface area is 156 Å².